The highest BCUT2D eigenvalue weighted by Gasteiger charge is 2.29. The van der Waals surface area contributed by atoms with Gasteiger partial charge >= 0.3 is 0 Å². The van der Waals surface area contributed by atoms with E-state index in [1.54, 1.807) is 0 Å². The number of hydrogen-bond acceptors (Lipinski definition) is 2. The minimum absolute atomic E-state index is 1.01. The maximum Gasteiger partial charge on any atom is 0.0234 e. The predicted octanol–water partition coefficient (Wildman–Crippen LogP) is 2.91. The molecule has 1 aromatic carbocycles. The lowest BCUT2D eigenvalue weighted by Crippen LogP contribution is -2.27. The van der Waals surface area contributed by atoms with E-state index in [0.717, 1.165) is 24.9 Å². The fourth-order valence-electron chi connectivity index (χ4n) is 3.24. The number of nitrogens with zero attached hydrogens (tertiary/aromatic N) is 1. The molecular weight excluding hydrogens is 232 g/mol. The first-order chi connectivity index (χ1) is 9.37. The molecule has 0 spiro atoms. The third kappa shape index (κ3) is 3.01. The highest BCUT2D eigenvalue weighted by atomic mass is 15.1. The van der Waals surface area contributed by atoms with Gasteiger partial charge in [-0.1, -0.05) is 18.2 Å². The lowest BCUT2D eigenvalue weighted by molar-refractivity contribution is 0.244. The van der Waals surface area contributed by atoms with E-state index in [1.165, 1.54) is 62.0 Å². The van der Waals surface area contributed by atoms with Crippen molar-refractivity contribution in [2.24, 2.45) is 11.8 Å². The van der Waals surface area contributed by atoms with Crippen LogP contribution in [0.2, 0.25) is 0 Å². The average molecular weight is 256 g/mol. The molecule has 0 atom stereocenters. The summed E-state index contributed by atoms with van der Waals surface area (Å²) in [4.78, 5) is 2.72. The van der Waals surface area contributed by atoms with Crippen LogP contribution in [0.3, 0.4) is 0 Å². The summed E-state index contributed by atoms with van der Waals surface area (Å²) in [6, 6.07) is 7.11. The Hall–Kier alpha value is -0.860. The molecule has 19 heavy (non-hydrogen) atoms. The summed E-state index contributed by atoms with van der Waals surface area (Å²) in [7, 11) is 0. The van der Waals surface area contributed by atoms with E-state index in [2.05, 4.69) is 28.4 Å². The van der Waals surface area contributed by atoms with Crippen molar-refractivity contribution in [3.63, 3.8) is 0 Å². The van der Waals surface area contributed by atoms with Crippen LogP contribution in [0.4, 0.5) is 0 Å². The molecule has 1 heterocycles. The highest BCUT2D eigenvalue weighted by Crippen LogP contribution is 2.34. The summed E-state index contributed by atoms with van der Waals surface area (Å²) in [5.74, 6) is 2.02. The van der Waals surface area contributed by atoms with Gasteiger partial charge in [-0.25, -0.2) is 0 Å². The Morgan fingerprint density at radius 3 is 2.32 bits per heavy atom. The monoisotopic (exact) mass is 256 g/mol. The fraction of sp³-hybridized carbons (Fsp3) is 0.647. The fourth-order valence-corrected chi connectivity index (χ4v) is 3.24. The number of nitrogens with one attached hydrogen (secondary N) is 1. The van der Waals surface area contributed by atoms with E-state index in [4.69, 9.17) is 0 Å². The molecule has 0 radical (unpaired) electrons. The molecule has 2 nitrogen and oxygen atoms in total. The Morgan fingerprint density at radius 2 is 1.63 bits per heavy atom. The van der Waals surface area contributed by atoms with Crippen molar-refractivity contribution in [2.75, 3.05) is 13.1 Å². The van der Waals surface area contributed by atoms with Gasteiger partial charge in [0.05, 0.1) is 0 Å². The molecule has 2 aliphatic carbocycles. The maximum absolute atomic E-state index is 3.44. The van der Waals surface area contributed by atoms with E-state index in [1.807, 2.05) is 0 Å². The van der Waals surface area contributed by atoms with Crippen LogP contribution in [0.25, 0.3) is 0 Å². The molecular formula is C17H24N2. The standard InChI is InChI=1S/C17H24N2/c1-2-13(1)10-19(11-14-3-4-14)12-15-5-6-16-8-18-9-17(16)7-15/h5-7,13-14,18H,1-4,8-12H2. The zero-order chi connectivity index (χ0) is 12.7. The summed E-state index contributed by atoms with van der Waals surface area (Å²) >= 11 is 0. The average Bonchev–Trinajstić information content (AvgIpc) is 3.31. The second-order valence-corrected chi connectivity index (χ2v) is 6.79. The van der Waals surface area contributed by atoms with Gasteiger partial charge in [0.1, 0.15) is 0 Å². The molecule has 2 fully saturated rings. The molecule has 0 aromatic heterocycles. The lowest BCUT2D eigenvalue weighted by atomic mass is 10.1. The van der Waals surface area contributed by atoms with Gasteiger partial charge in [-0.15, -0.1) is 0 Å². The van der Waals surface area contributed by atoms with E-state index in [-0.39, 0.29) is 0 Å². The molecule has 0 saturated heterocycles. The van der Waals surface area contributed by atoms with Crippen LogP contribution >= 0.6 is 0 Å². The van der Waals surface area contributed by atoms with Gasteiger partial charge in [0.2, 0.25) is 0 Å². The number of benzene rings is 1. The first-order valence-corrected chi connectivity index (χ1v) is 7.90. The van der Waals surface area contributed by atoms with Gasteiger partial charge in [0, 0.05) is 32.7 Å². The normalized spacial score (nSPS) is 21.9. The molecule has 2 saturated carbocycles. The molecule has 0 unspecified atom stereocenters. The topological polar surface area (TPSA) is 15.3 Å². The van der Waals surface area contributed by atoms with E-state index >= 15 is 0 Å². The van der Waals surface area contributed by atoms with Gasteiger partial charge < -0.3 is 5.32 Å². The number of hydrogen-bond donors (Lipinski definition) is 1. The summed E-state index contributed by atoms with van der Waals surface area (Å²) in [5, 5.41) is 3.44. The Bertz CT molecular complexity index is 446. The predicted molar refractivity (Wildman–Crippen MR) is 77.7 cm³/mol. The smallest absolute Gasteiger partial charge is 0.0234 e. The van der Waals surface area contributed by atoms with Gasteiger partial charge in [0.25, 0.3) is 0 Å². The van der Waals surface area contributed by atoms with Crippen LogP contribution in [0, 0.1) is 11.8 Å². The van der Waals surface area contributed by atoms with Crippen molar-refractivity contribution >= 4 is 0 Å². The third-order valence-electron chi connectivity index (χ3n) is 4.73. The quantitative estimate of drug-likeness (QED) is 0.842. The summed E-state index contributed by atoms with van der Waals surface area (Å²) in [6.45, 7) is 5.97. The van der Waals surface area contributed by atoms with Crippen LogP contribution in [0.5, 0.6) is 0 Å². The van der Waals surface area contributed by atoms with Crippen molar-refractivity contribution in [3.8, 4) is 0 Å². The van der Waals surface area contributed by atoms with Crippen molar-refractivity contribution in [1.82, 2.24) is 10.2 Å². The van der Waals surface area contributed by atoms with Crippen LogP contribution < -0.4 is 5.32 Å². The first kappa shape index (κ1) is 11.9. The van der Waals surface area contributed by atoms with E-state index in [0.29, 0.717) is 0 Å². The SMILES string of the molecule is c1cc2c(cc1CN(CC1CC1)CC1CC1)CNC2. The Kier molecular flexibility index (Phi) is 3.08. The molecule has 2 heteroatoms. The molecule has 0 bridgehead atoms. The summed E-state index contributed by atoms with van der Waals surface area (Å²) in [6.07, 6.45) is 5.87. The minimum atomic E-state index is 1.01. The van der Waals surface area contributed by atoms with Crippen LogP contribution in [-0.2, 0) is 19.6 Å². The molecule has 102 valence electrons. The second-order valence-electron chi connectivity index (χ2n) is 6.79. The Labute approximate surface area is 116 Å². The van der Waals surface area contributed by atoms with Crippen molar-refractivity contribution in [3.05, 3.63) is 34.9 Å². The van der Waals surface area contributed by atoms with Crippen molar-refractivity contribution in [2.45, 2.75) is 45.3 Å². The zero-order valence-corrected chi connectivity index (χ0v) is 11.7. The summed E-state index contributed by atoms with van der Waals surface area (Å²) in [5.41, 5.74) is 4.54. The zero-order valence-electron chi connectivity index (χ0n) is 11.7. The highest BCUT2D eigenvalue weighted by molar-refractivity contribution is 5.34. The molecule has 1 aliphatic heterocycles. The van der Waals surface area contributed by atoms with Crippen molar-refractivity contribution < 1.29 is 0 Å². The van der Waals surface area contributed by atoms with Gasteiger partial charge in [0.15, 0.2) is 0 Å². The maximum atomic E-state index is 3.44. The minimum Gasteiger partial charge on any atom is -0.309 e. The molecule has 4 rings (SSSR count). The van der Waals surface area contributed by atoms with Crippen LogP contribution in [0.1, 0.15) is 42.4 Å². The van der Waals surface area contributed by atoms with Crippen LogP contribution in [0.15, 0.2) is 18.2 Å². The Balaban J connectivity index is 1.44. The van der Waals surface area contributed by atoms with Gasteiger partial charge in [-0.3, -0.25) is 4.90 Å². The molecule has 1 N–H and O–H groups in total. The summed E-state index contributed by atoms with van der Waals surface area (Å²) < 4.78 is 0. The second kappa shape index (κ2) is 4.92. The number of rotatable bonds is 6. The molecule has 1 aromatic rings. The Morgan fingerprint density at radius 1 is 0.947 bits per heavy atom. The number of fused-ring (bicyclic) bond motifs is 1. The third-order valence-corrected chi connectivity index (χ3v) is 4.73. The van der Waals surface area contributed by atoms with Crippen LogP contribution in [-0.4, -0.2) is 18.0 Å². The largest absolute Gasteiger partial charge is 0.309 e. The van der Waals surface area contributed by atoms with E-state index in [9.17, 15) is 0 Å². The van der Waals surface area contributed by atoms with Gasteiger partial charge in [-0.2, -0.15) is 0 Å². The van der Waals surface area contributed by atoms with E-state index < -0.39 is 0 Å². The van der Waals surface area contributed by atoms with Crippen molar-refractivity contribution in [1.29, 1.82) is 0 Å². The lowest BCUT2D eigenvalue weighted by Gasteiger charge is -2.22. The molecule has 3 aliphatic rings. The molecule has 0 amide bonds. The first-order valence-electron chi connectivity index (χ1n) is 7.90. The van der Waals surface area contributed by atoms with Gasteiger partial charge in [-0.05, 0) is 54.2 Å².